The van der Waals surface area contributed by atoms with Gasteiger partial charge in [0.1, 0.15) is 5.69 Å². The third-order valence-corrected chi connectivity index (χ3v) is 6.88. The number of hydrogen-bond donors (Lipinski definition) is 3. The first-order valence-corrected chi connectivity index (χ1v) is 12.7. The van der Waals surface area contributed by atoms with Gasteiger partial charge in [-0.1, -0.05) is 53.6 Å². The van der Waals surface area contributed by atoms with E-state index in [1.807, 2.05) is 54.6 Å². The Balaban J connectivity index is 1.32. The number of nitrogens with one attached hydrogen (secondary N) is 3. The number of carbonyl (C=O) groups is 1. The van der Waals surface area contributed by atoms with Gasteiger partial charge in [-0.2, -0.15) is 24.5 Å². The van der Waals surface area contributed by atoms with Gasteiger partial charge >= 0.3 is 12.2 Å². The van der Waals surface area contributed by atoms with Gasteiger partial charge < -0.3 is 15.1 Å². The normalized spacial score (nSPS) is 17.3. The van der Waals surface area contributed by atoms with Crippen LogP contribution in [0, 0.1) is 0 Å². The van der Waals surface area contributed by atoms with Crippen molar-refractivity contribution in [2.75, 3.05) is 10.6 Å². The third kappa shape index (κ3) is 4.99. The molecule has 1 aliphatic heterocycles. The van der Waals surface area contributed by atoms with Gasteiger partial charge in [-0.15, -0.1) is 5.10 Å². The molecule has 0 saturated heterocycles. The maximum absolute atomic E-state index is 13.4. The Morgan fingerprint density at radius 2 is 1.79 bits per heavy atom. The quantitative estimate of drug-likeness (QED) is 0.249. The minimum Gasteiger partial charge on any atom is -0.402 e. The van der Waals surface area contributed by atoms with E-state index in [0.29, 0.717) is 11.3 Å². The van der Waals surface area contributed by atoms with Crippen molar-refractivity contribution < 1.29 is 22.4 Å². The van der Waals surface area contributed by atoms with Gasteiger partial charge in [-0.25, -0.2) is 4.98 Å². The van der Waals surface area contributed by atoms with Crippen LogP contribution in [0.4, 0.5) is 24.9 Å². The summed E-state index contributed by atoms with van der Waals surface area (Å²) in [4.78, 5) is 17.1. The maximum atomic E-state index is 13.4. The van der Waals surface area contributed by atoms with Crippen molar-refractivity contribution in [2.45, 2.75) is 18.4 Å². The summed E-state index contributed by atoms with van der Waals surface area (Å²) in [7, 11) is 0. The number of hydrogen-bond acceptors (Lipinski definition) is 8. The number of halogens is 3. The monoisotopic (exact) mass is 548 g/mol. The minimum absolute atomic E-state index is 0.0924. The molecule has 12 heteroatoms. The van der Waals surface area contributed by atoms with E-state index in [9.17, 15) is 18.0 Å². The molecule has 8 nitrogen and oxygen atoms in total. The summed E-state index contributed by atoms with van der Waals surface area (Å²) in [5.74, 6) is -0.475. The van der Waals surface area contributed by atoms with Crippen LogP contribution in [0.15, 0.2) is 88.1 Å². The van der Waals surface area contributed by atoms with Crippen molar-refractivity contribution in [2.24, 2.45) is 0 Å². The Labute approximate surface area is 223 Å². The molecule has 1 unspecified atom stereocenters. The van der Waals surface area contributed by atoms with Crippen molar-refractivity contribution in [3.05, 3.63) is 100 Å². The molecule has 0 saturated carbocycles. The Bertz CT molecular complexity index is 1620. The lowest BCUT2D eigenvalue weighted by molar-refractivity contribution is -0.137. The van der Waals surface area contributed by atoms with Crippen molar-refractivity contribution in [1.29, 1.82) is 0 Å². The number of amides is 1. The molecule has 0 aliphatic carbocycles. The number of nitrogens with zero attached hydrogens (tertiary/aromatic N) is 3. The lowest BCUT2D eigenvalue weighted by atomic mass is 9.97. The van der Waals surface area contributed by atoms with E-state index in [4.69, 9.17) is 4.42 Å². The van der Waals surface area contributed by atoms with Gasteiger partial charge in [-0.05, 0) is 45.6 Å². The summed E-state index contributed by atoms with van der Waals surface area (Å²) in [6, 6.07) is 19.3. The van der Waals surface area contributed by atoms with Crippen molar-refractivity contribution in [3.63, 3.8) is 0 Å². The summed E-state index contributed by atoms with van der Waals surface area (Å²) in [5, 5.41) is 20.6. The molecule has 0 fully saturated rings. The smallest absolute Gasteiger partial charge is 0.402 e. The first-order valence-electron chi connectivity index (χ1n) is 11.8. The van der Waals surface area contributed by atoms with E-state index in [-0.39, 0.29) is 35.1 Å². The number of carbonyl (C=O) groups excluding carboxylic acids is 1. The highest BCUT2D eigenvalue weighted by Crippen LogP contribution is 2.37. The van der Waals surface area contributed by atoms with E-state index in [2.05, 4.69) is 31.1 Å². The molecule has 1 amide bonds. The zero-order valence-electron chi connectivity index (χ0n) is 19.9. The molecule has 2 aromatic carbocycles. The molecule has 0 spiro atoms. The van der Waals surface area contributed by atoms with Crippen LogP contribution in [-0.4, -0.2) is 27.3 Å². The average Bonchev–Trinajstić information content (AvgIpc) is 3.61. The number of benzene rings is 2. The van der Waals surface area contributed by atoms with Crippen LogP contribution < -0.4 is 16.0 Å². The Morgan fingerprint density at radius 1 is 1.00 bits per heavy atom. The van der Waals surface area contributed by atoms with Crippen LogP contribution in [0.5, 0.6) is 0 Å². The van der Waals surface area contributed by atoms with Crippen LogP contribution in [0.25, 0.3) is 22.7 Å². The second-order valence-electron chi connectivity index (χ2n) is 8.71. The van der Waals surface area contributed by atoms with Crippen molar-refractivity contribution in [1.82, 2.24) is 20.5 Å². The molecule has 39 heavy (non-hydrogen) atoms. The molecule has 3 aromatic heterocycles. The summed E-state index contributed by atoms with van der Waals surface area (Å²) in [5.41, 5.74) is 2.41. The minimum atomic E-state index is -4.57. The Hall–Kier alpha value is -4.55. The number of pyridine rings is 1. The van der Waals surface area contributed by atoms with Gasteiger partial charge in [0.05, 0.1) is 11.6 Å². The fraction of sp³-hybridized carbons (Fsp3) is 0.111. The Kier molecular flexibility index (Phi) is 6.33. The fourth-order valence-corrected chi connectivity index (χ4v) is 5.01. The van der Waals surface area contributed by atoms with E-state index in [0.717, 1.165) is 23.4 Å². The largest absolute Gasteiger partial charge is 0.417 e. The van der Waals surface area contributed by atoms with Crippen LogP contribution >= 0.6 is 11.3 Å². The van der Waals surface area contributed by atoms with Gasteiger partial charge in [0.25, 0.3) is 11.8 Å². The molecule has 4 heterocycles. The zero-order chi connectivity index (χ0) is 27.0. The molecule has 5 aromatic rings. The highest BCUT2D eigenvalue weighted by Gasteiger charge is 2.33. The van der Waals surface area contributed by atoms with Crippen LogP contribution in [-0.2, 0) is 11.0 Å². The lowest BCUT2D eigenvalue weighted by Gasteiger charge is -2.22. The molecule has 0 bridgehead atoms. The van der Waals surface area contributed by atoms with Gasteiger partial charge in [-0.3, -0.25) is 10.1 Å². The number of rotatable bonds is 5. The van der Waals surface area contributed by atoms with E-state index in [1.165, 1.54) is 11.3 Å². The maximum Gasteiger partial charge on any atom is 0.417 e. The number of aromatic nitrogens is 3. The molecule has 6 rings (SSSR count). The molecule has 1 aliphatic rings. The van der Waals surface area contributed by atoms with Gasteiger partial charge in [0.15, 0.2) is 6.17 Å². The van der Waals surface area contributed by atoms with E-state index >= 15 is 0 Å². The van der Waals surface area contributed by atoms with Crippen LogP contribution in [0.1, 0.15) is 22.7 Å². The molecule has 196 valence electrons. The number of para-hydroxylation sites is 1. The summed E-state index contributed by atoms with van der Waals surface area (Å²) in [6.07, 6.45) is -4.82. The van der Waals surface area contributed by atoms with Crippen molar-refractivity contribution in [3.8, 4) is 22.7 Å². The molecular formula is C27H19F3N6O2S. The van der Waals surface area contributed by atoms with Crippen LogP contribution in [0.3, 0.4) is 0 Å². The fourth-order valence-electron chi connectivity index (χ4n) is 4.36. The van der Waals surface area contributed by atoms with Gasteiger partial charge in [0.2, 0.25) is 0 Å². The predicted octanol–water partition coefficient (Wildman–Crippen LogP) is 5.95. The SMILES string of the molecule is O=C1Nc2ccccc2C(c2ccccc2)N[C@@H]1Nc1nnc(-c2ncc(C(F)(F)F)cc2-c2ccsc2)o1. The molecular weight excluding hydrogens is 529 g/mol. The van der Waals surface area contributed by atoms with Gasteiger partial charge in [0, 0.05) is 17.4 Å². The number of thiophene rings is 1. The highest BCUT2D eigenvalue weighted by molar-refractivity contribution is 7.08. The third-order valence-electron chi connectivity index (χ3n) is 6.20. The number of anilines is 2. The first kappa shape index (κ1) is 24.8. The van der Waals surface area contributed by atoms with Crippen LogP contribution in [0.2, 0.25) is 0 Å². The summed E-state index contributed by atoms with van der Waals surface area (Å²) < 4.78 is 45.9. The zero-order valence-corrected chi connectivity index (χ0v) is 20.8. The summed E-state index contributed by atoms with van der Waals surface area (Å²) >= 11 is 1.33. The topological polar surface area (TPSA) is 105 Å². The van der Waals surface area contributed by atoms with E-state index < -0.39 is 17.9 Å². The second kappa shape index (κ2) is 9.97. The second-order valence-corrected chi connectivity index (χ2v) is 9.49. The van der Waals surface area contributed by atoms with E-state index in [1.54, 1.807) is 16.8 Å². The molecule has 0 radical (unpaired) electrons. The molecule has 3 N–H and O–H groups in total. The highest BCUT2D eigenvalue weighted by atomic mass is 32.1. The average molecular weight is 549 g/mol. The Morgan fingerprint density at radius 3 is 2.56 bits per heavy atom. The predicted molar refractivity (Wildman–Crippen MR) is 140 cm³/mol. The first-order chi connectivity index (χ1) is 18.9. The summed E-state index contributed by atoms with van der Waals surface area (Å²) in [6.45, 7) is 0. The van der Waals surface area contributed by atoms with Crippen molar-refractivity contribution >= 4 is 28.9 Å². The lowest BCUT2D eigenvalue weighted by Crippen LogP contribution is -2.46. The number of fused-ring (bicyclic) bond motifs is 1. The standard InChI is InChI=1S/C27H19F3N6O2S/c28-27(29,30)17-12-19(16-10-11-39-14-16)22(31-13-17)25-35-36-26(38-25)34-23-24(37)32-20-9-5-4-8-18(20)21(33-23)15-6-2-1-3-7-15/h1-14,21,23,33H,(H,32,37)(H,34,36)/t21?,23-/m1/s1. The molecule has 2 atom stereocenters. The number of alkyl halides is 3.